The lowest BCUT2D eigenvalue weighted by molar-refractivity contribution is -0.118. The van der Waals surface area contributed by atoms with Crippen molar-refractivity contribution in [1.29, 1.82) is 0 Å². The fraction of sp³-hybridized carbons (Fsp3) is 0.143. The molecule has 5 heteroatoms. The lowest BCUT2D eigenvalue weighted by Crippen LogP contribution is -2.20. The van der Waals surface area contributed by atoms with Gasteiger partial charge in [0.15, 0.2) is 6.61 Å². The predicted octanol–water partition coefficient (Wildman–Crippen LogP) is 3.17. The monoisotopic (exact) mass is 320 g/mol. The highest BCUT2D eigenvalue weighted by atomic mass is 79.9. The number of aromatic nitrogens is 1. The molecule has 0 aliphatic rings. The van der Waals surface area contributed by atoms with Crippen molar-refractivity contribution in [2.24, 2.45) is 0 Å². The van der Waals surface area contributed by atoms with Crippen LogP contribution in [0.2, 0.25) is 0 Å². The molecule has 0 aliphatic heterocycles. The quantitative estimate of drug-likeness (QED) is 0.941. The van der Waals surface area contributed by atoms with E-state index in [0.29, 0.717) is 11.6 Å². The van der Waals surface area contributed by atoms with E-state index >= 15 is 0 Å². The zero-order chi connectivity index (χ0) is 13.7. The van der Waals surface area contributed by atoms with Gasteiger partial charge in [-0.25, -0.2) is 4.98 Å². The summed E-state index contributed by atoms with van der Waals surface area (Å²) in [6.07, 6.45) is 1.62. The van der Waals surface area contributed by atoms with Crippen LogP contribution in [0.1, 0.15) is 5.56 Å². The number of amides is 1. The number of rotatable bonds is 4. The molecule has 0 radical (unpaired) electrons. The molecule has 1 heterocycles. The Bertz CT molecular complexity index is 570. The lowest BCUT2D eigenvalue weighted by Gasteiger charge is -2.08. The molecule has 0 saturated carbocycles. The summed E-state index contributed by atoms with van der Waals surface area (Å²) in [7, 11) is 0. The number of ether oxygens (including phenoxy) is 1. The number of halogens is 1. The van der Waals surface area contributed by atoms with Crippen LogP contribution < -0.4 is 10.1 Å². The molecule has 0 fully saturated rings. The van der Waals surface area contributed by atoms with Crippen molar-refractivity contribution in [3.63, 3.8) is 0 Å². The number of aryl methyl sites for hydroxylation is 1. The number of carbonyl (C=O) groups excluding carboxylic acids is 1. The first-order valence-corrected chi connectivity index (χ1v) is 6.54. The standard InChI is InChI=1S/C14H13BrN2O2/c1-10-4-2-3-5-12(10)19-9-14(18)17-13-7-6-11(15)8-16-13/h2-8H,9H2,1H3,(H,16,17,18). The molecule has 1 aromatic carbocycles. The molecule has 1 amide bonds. The maximum atomic E-state index is 11.7. The van der Waals surface area contributed by atoms with Gasteiger partial charge in [-0.05, 0) is 46.6 Å². The smallest absolute Gasteiger partial charge is 0.263 e. The van der Waals surface area contributed by atoms with E-state index in [0.717, 1.165) is 10.0 Å². The number of anilines is 1. The Hall–Kier alpha value is -1.88. The van der Waals surface area contributed by atoms with Gasteiger partial charge in [0.25, 0.3) is 5.91 Å². The molecule has 0 saturated heterocycles. The van der Waals surface area contributed by atoms with Gasteiger partial charge in [0.2, 0.25) is 0 Å². The van der Waals surface area contributed by atoms with Crippen molar-refractivity contribution >= 4 is 27.7 Å². The Labute approximate surface area is 119 Å². The summed E-state index contributed by atoms with van der Waals surface area (Å²) in [6.45, 7) is 1.89. The minimum absolute atomic E-state index is 0.0391. The van der Waals surface area contributed by atoms with Gasteiger partial charge in [-0.3, -0.25) is 4.79 Å². The van der Waals surface area contributed by atoms with Crippen molar-refractivity contribution < 1.29 is 9.53 Å². The molecule has 98 valence electrons. The number of hydrogen-bond donors (Lipinski definition) is 1. The van der Waals surface area contributed by atoms with Crippen molar-refractivity contribution in [2.75, 3.05) is 11.9 Å². The zero-order valence-corrected chi connectivity index (χ0v) is 12.0. The molecule has 0 unspecified atom stereocenters. The third-order valence-electron chi connectivity index (χ3n) is 2.45. The van der Waals surface area contributed by atoms with E-state index in [1.54, 1.807) is 12.3 Å². The average Bonchev–Trinajstić information content (AvgIpc) is 2.40. The molecule has 4 nitrogen and oxygen atoms in total. The number of nitrogens with one attached hydrogen (secondary N) is 1. The number of pyridine rings is 1. The van der Waals surface area contributed by atoms with Crippen molar-refractivity contribution in [3.8, 4) is 5.75 Å². The molecule has 0 atom stereocenters. The van der Waals surface area contributed by atoms with Crippen LogP contribution in [0, 0.1) is 6.92 Å². The first-order valence-electron chi connectivity index (χ1n) is 5.75. The average molecular weight is 321 g/mol. The van der Waals surface area contributed by atoms with E-state index < -0.39 is 0 Å². The highest BCUT2D eigenvalue weighted by Gasteiger charge is 2.05. The van der Waals surface area contributed by atoms with Crippen molar-refractivity contribution in [3.05, 3.63) is 52.6 Å². The highest BCUT2D eigenvalue weighted by molar-refractivity contribution is 9.10. The topological polar surface area (TPSA) is 51.2 Å². The molecule has 1 N–H and O–H groups in total. The summed E-state index contributed by atoms with van der Waals surface area (Å²) in [5.74, 6) is 0.973. The summed E-state index contributed by atoms with van der Waals surface area (Å²) in [5, 5.41) is 2.66. The third-order valence-corrected chi connectivity index (χ3v) is 2.92. The SMILES string of the molecule is Cc1ccccc1OCC(=O)Nc1ccc(Br)cn1. The molecule has 2 rings (SSSR count). The molecular weight excluding hydrogens is 308 g/mol. The van der Waals surface area contributed by atoms with Crippen LogP contribution in [-0.4, -0.2) is 17.5 Å². The maximum absolute atomic E-state index is 11.7. The Morgan fingerprint density at radius 2 is 2.11 bits per heavy atom. The second-order valence-electron chi connectivity index (χ2n) is 3.96. The number of hydrogen-bond acceptors (Lipinski definition) is 3. The van der Waals surface area contributed by atoms with Crippen LogP contribution in [0.5, 0.6) is 5.75 Å². The Kier molecular flexibility index (Phi) is 4.52. The van der Waals surface area contributed by atoms with E-state index in [-0.39, 0.29) is 12.5 Å². The molecule has 0 spiro atoms. The molecule has 1 aromatic heterocycles. The van der Waals surface area contributed by atoms with Crippen LogP contribution in [-0.2, 0) is 4.79 Å². The molecule has 19 heavy (non-hydrogen) atoms. The number of carbonyl (C=O) groups is 1. The first-order chi connectivity index (χ1) is 9.15. The summed E-state index contributed by atoms with van der Waals surface area (Å²) < 4.78 is 6.31. The first kappa shape index (κ1) is 13.5. The van der Waals surface area contributed by atoms with Crippen LogP contribution in [0.25, 0.3) is 0 Å². The van der Waals surface area contributed by atoms with E-state index in [1.165, 1.54) is 0 Å². The van der Waals surface area contributed by atoms with Gasteiger partial charge < -0.3 is 10.1 Å². The van der Waals surface area contributed by atoms with Gasteiger partial charge in [-0.15, -0.1) is 0 Å². The second-order valence-corrected chi connectivity index (χ2v) is 4.88. The van der Waals surface area contributed by atoms with Crippen molar-refractivity contribution in [2.45, 2.75) is 6.92 Å². The van der Waals surface area contributed by atoms with Gasteiger partial charge in [0, 0.05) is 10.7 Å². The van der Waals surface area contributed by atoms with E-state index in [1.807, 2.05) is 37.3 Å². The van der Waals surface area contributed by atoms with Gasteiger partial charge in [0.05, 0.1) is 0 Å². The van der Waals surface area contributed by atoms with Gasteiger partial charge >= 0.3 is 0 Å². The fourth-order valence-electron chi connectivity index (χ4n) is 1.49. The lowest BCUT2D eigenvalue weighted by atomic mass is 10.2. The third kappa shape index (κ3) is 4.06. The summed E-state index contributed by atoms with van der Waals surface area (Å²) in [6, 6.07) is 11.1. The van der Waals surface area contributed by atoms with E-state index in [4.69, 9.17) is 4.74 Å². The fourth-order valence-corrected chi connectivity index (χ4v) is 1.72. The van der Waals surface area contributed by atoms with Crippen LogP contribution in [0.4, 0.5) is 5.82 Å². The van der Waals surface area contributed by atoms with Crippen LogP contribution in [0.3, 0.4) is 0 Å². The predicted molar refractivity (Wildman–Crippen MR) is 77.2 cm³/mol. The van der Waals surface area contributed by atoms with E-state index in [2.05, 4.69) is 26.2 Å². The van der Waals surface area contributed by atoms with Crippen LogP contribution >= 0.6 is 15.9 Å². The normalized spacial score (nSPS) is 10.0. The number of nitrogens with zero attached hydrogens (tertiary/aromatic N) is 1. The van der Waals surface area contributed by atoms with Gasteiger partial charge in [-0.2, -0.15) is 0 Å². The molecule has 0 bridgehead atoms. The maximum Gasteiger partial charge on any atom is 0.263 e. The van der Waals surface area contributed by atoms with Crippen LogP contribution in [0.15, 0.2) is 47.1 Å². The van der Waals surface area contributed by atoms with E-state index in [9.17, 15) is 4.79 Å². The minimum Gasteiger partial charge on any atom is -0.483 e. The Morgan fingerprint density at radius 3 is 2.79 bits per heavy atom. The molecule has 2 aromatic rings. The molecular formula is C14H13BrN2O2. The minimum atomic E-state index is -0.238. The zero-order valence-electron chi connectivity index (χ0n) is 10.4. The number of benzene rings is 1. The highest BCUT2D eigenvalue weighted by Crippen LogP contribution is 2.16. The summed E-state index contributed by atoms with van der Waals surface area (Å²) >= 11 is 3.28. The summed E-state index contributed by atoms with van der Waals surface area (Å²) in [5.41, 5.74) is 0.997. The summed E-state index contributed by atoms with van der Waals surface area (Å²) in [4.78, 5) is 15.8. The van der Waals surface area contributed by atoms with Gasteiger partial charge in [0.1, 0.15) is 11.6 Å². The largest absolute Gasteiger partial charge is 0.483 e. The van der Waals surface area contributed by atoms with Gasteiger partial charge in [-0.1, -0.05) is 18.2 Å². The Balaban J connectivity index is 1.88. The number of para-hydroxylation sites is 1. The second kappa shape index (κ2) is 6.33. The molecule has 0 aliphatic carbocycles. The Morgan fingerprint density at radius 1 is 1.32 bits per heavy atom. The van der Waals surface area contributed by atoms with Crippen molar-refractivity contribution in [1.82, 2.24) is 4.98 Å².